The van der Waals surface area contributed by atoms with Crippen molar-refractivity contribution in [2.75, 3.05) is 17.2 Å². The van der Waals surface area contributed by atoms with Crippen molar-refractivity contribution in [2.24, 2.45) is 0 Å². The summed E-state index contributed by atoms with van der Waals surface area (Å²) in [6, 6.07) is 0.593. The number of nitrogen functional groups attached to an aromatic ring is 1. The number of carboxylic acid groups (broad SMARTS) is 1. The van der Waals surface area contributed by atoms with Crippen LogP contribution in [0.5, 0.6) is 0 Å². The molecule has 1 fully saturated rings. The zero-order chi connectivity index (χ0) is 24.3. The number of alkyl carbamates (subject to hydrolysis) is 1. The number of amides is 1. The quantitative estimate of drug-likeness (QED) is 0.334. The first-order chi connectivity index (χ1) is 15.5. The molecule has 3 rings (SSSR count). The van der Waals surface area contributed by atoms with Gasteiger partial charge in [0.05, 0.1) is 11.5 Å². The first kappa shape index (κ1) is 25.0. The molecule has 2 aromatic rings. The molecule has 0 unspecified atom stereocenters. The van der Waals surface area contributed by atoms with Crippen LogP contribution in [0, 0.1) is 0 Å². The maximum absolute atomic E-state index is 11.9. The van der Waals surface area contributed by atoms with Crippen LogP contribution in [0.15, 0.2) is 18.6 Å². The largest absolute Gasteiger partial charge is 0.480 e. The molecule has 1 saturated heterocycles. The summed E-state index contributed by atoms with van der Waals surface area (Å²) >= 11 is 1.34. The lowest BCUT2D eigenvalue weighted by Crippen LogP contribution is -2.43. The van der Waals surface area contributed by atoms with E-state index in [0.717, 1.165) is 0 Å². The minimum Gasteiger partial charge on any atom is -0.480 e. The Balaban J connectivity index is 1.53. The van der Waals surface area contributed by atoms with Crippen LogP contribution in [0.2, 0.25) is 0 Å². The van der Waals surface area contributed by atoms with Gasteiger partial charge in [0, 0.05) is 11.9 Å². The van der Waals surface area contributed by atoms with Gasteiger partial charge in [-0.25, -0.2) is 19.6 Å². The van der Waals surface area contributed by atoms with Crippen LogP contribution in [0.3, 0.4) is 0 Å². The van der Waals surface area contributed by atoms with Crippen molar-refractivity contribution >= 4 is 40.7 Å². The van der Waals surface area contributed by atoms with Crippen LogP contribution < -0.4 is 11.1 Å². The van der Waals surface area contributed by atoms with Gasteiger partial charge in [-0.15, -0.1) is 0 Å². The summed E-state index contributed by atoms with van der Waals surface area (Å²) in [5, 5.41) is 33.3. The second kappa shape index (κ2) is 10.1. The summed E-state index contributed by atoms with van der Waals surface area (Å²) in [6.45, 7) is 5.06. The van der Waals surface area contributed by atoms with E-state index in [-0.39, 0.29) is 6.42 Å². The van der Waals surface area contributed by atoms with Gasteiger partial charge < -0.3 is 40.4 Å². The van der Waals surface area contributed by atoms with Crippen LogP contribution >= 0.6 is 11.8 Å². The summed E-state index contributed by atoms with van der Waals surface area (Å²) in [6.07, 6.45) is -1.57. The van der Waals surface area contributed by atoms with E-state index in [1.165, 1.54) is 18.1 Å². The number of anilines is 1. The normalized spacial score (nSPS) is 24.0. The van der Waals surface area contributed by atoms with Crippen molar-refractivity contribution in [1.29, 1.82) is 0 Å². The summed E-state index contributed by atoms with van der Waals surface area (Å²) in [4.78, 5) is 31.4. The number of aromatic nitrogens is 3. The Morgan fingerprint density at radius 1 is 1.33 bits per heavy atom. The Bertz CT molecular complexity index is 995. The minimum absolute atomic E-state index is 0.145. The second-order valence-electron chi connectivity index (χ2n) is 8.67. The van der Waals surface area contributed by atoms with Crippen LogP contribution in [0.25, 0.3) is 11.0 Å². The number of aliphatic hydroxyl groups is 2. The molecule has 12 nitrogen and oxygen atoms in total. The first-order valence-corrected chi connectivity index (χ1v) is 11.5. The zero-order valence-corrected chi connectivity index (χ0v) is 19.4. The van der Waals surface area contributed by atoms with Crippen LogP contribution in [0.1, 0.15) is 33.4 Å². The fourth-order valence-electron chi connectivity index (χ4n) is 3.40. The number of carboxylic acids is 1. The van der Waals surface area contributed by atoms with Gasteiger partial charge in [0.25, 0.3) is 0 Å². The Hall–Kier alpha value is -2.61. The highest BCUT2D eigenvalue weighted by atomic mass is 32.2. The fourth-order valence-corrected chi connectivity index (χ4v) is 4.48. The smallest absolute Gasteiger partial charge is 0.408 e. The maximum atomic E-state index is 11.9. The fraction of sp³-hybridized carbons (Fsp3) is 0.600. The number of carbonyl (C=O) groups excluding carboxylic acids is 1. The molecule has 2 aromatic heterocycles. The number of nitrogens with zero attached hydrogens (tertiary/aromatic N) is 3. The summed E-state index contributed by atoms with van der Waals surface area (Å²) in [5.74, 6) is -0.193. The minimum atomic E-state index is -1.19. The third-order valence-electron chi connectivity index (χ3n) is 4.97. The number of fused-ring (bicyclic) bond motifs is 1. The van der Waals surface area contributed by atoms with Crippen LogP contribution in [-0.2, 0) is 14.3 Å². The Morgan fingerprint density at radius 2 is 2.06 bits per heavy atom. The molecule has 182 valence electrons. The van der Waals surface area contributed by atoms with Gasteiger partial charge in [-0.05, 0) is 39.0 Å². The topological polar surface area (TPSA) is 182 Å². The Morgan fingerprint density at radius 3 is 2.73 bits per heavy atom. The number of nitrogens with one attached hydrogen (secondary N) is 1. The van der Waals surface area contributed by atoms with E-state index < -0.39 is 48.2 Å². The van der Waals surface area contributed by atoms with Crippen molar-refractivity contribution < 1.29 is 34.4 Å². The standard InChI is InChI=1S/C20H29N5O7S/c1-20(2,3)32-19(30)24-11(18(28)29)5-7-33-8-12-13(26)14(27)17(31-12)25-6-4-10-15(21)22-9-23-16(10)25/h4,6,9,11-14,17,26-27H,5,7-8H2,1-3H3,(H,24,30)(H,28,29)(H2,21,22,23)/t11-,12-,13-,14-,17-/m1/s1. The highest BCUT2D eigenvalue weighted by Crippen LogP contribution is 2.34. The van der Waals surface area contributed by atoms with Crippen molar-refractivity contribution in [3.8, 4) is 0 Å². The highest BCUT2D eigenvalue weighted by molar-refractivity contribution is 7.99. The lowest BCUT2D eigenvalue weighted by molar-refractivity contribution is -0.139. The predicted molar refractivity (Wildman–Crippen MR) is 121 cm³/mol. The van der Waals surface area contributed by atoms with Gasteiger partial charge in [-0.1, -0.05) is 0 Å². The molecule has 6 N–H and O–H groups in total. The molecule has 1 aliphatic heterocycles. The molecule has 1 aliphatic rings. The van der Waals surface area contributed by atoms with Gasteiger partial charge >= 0.3 is 12.1 Å². The number of rotatable bonds is 8. The van der Waals surface area contributed by atoms with Gasteiger partial charge in [0.1, 0.15) is 41.6 Å². The average Bonchev–Trinajstić information content (AvgIpc) is 3.26. The molecule has 0 radical (unpaired) electrons. The molecular formula is C20H29N5O7S. The second-order valence-corrected chi connectivity index (χ2v) is 9.82. The maximum Gasteiger partial charge on any atom is 0.408 e. The number of aliphatic carboxylic acids is 1. The molecule has 13 heteroatoms. The van der Waals surface area contributed by atoms with Gasteiger partial charge in [-0.2, -0.15) is 11.8 Å². The van der Waals surface area contributed by atoms with Gasteiger partial charge in [0.15, 0.2) is 6.23 Å². The molecule has 33 heavy (non-hydrogen) atoms. The van der Waals surface area contributed by atoms with E-state index in [4.69, 9.17) is 15.2 Å². The van der Waals surface area contributed by atoms with Crippen LogP contribution in [0.4, 0.5) is 10.6 Å². The van der Waals surface area contributed by atoms with Crippen molar-refractivity contribution in [3.63, 3.8) is 0 Å². The zero-order valence-electron chi connectivity index (χ0n) is 18.5. The molecule has 0 aliphatic carbocycles. The molecule has 5 atom stereocenters. The van der Waals surface area contributed by atoms with Crippen LogP contribution in [-0.4, -0.2) is 83.4 Å². The van der Waals surface area contributed by atoms with Gasteiger partial charge in [-0.3, -0.25) is 0 Å². The van der Waals surface area contributed by atoms with E-state index in [1.54, 1.807) is 37.6 Å². The molecule has 1 amide bonds. The van der Waals surface area contributed by atoms with Crippen molar-refractivity contribution in [2.45, 2.75) is 63.4 Å². The number of hydrogen-bond donors (Lipinski definition) is 5. The molecule has 0 aromatic carbocycles. The van der Waals surface area contributed by atoms with E-state index in [2.05, 4.69) is 15.3 Å². The molecule has 0 bridgehead atoms. The third kappa shape index (κ3) is 6.05. The van der Waals surface area contributed by atoms with E-state index in [9.17, 15) is 24.9 Å². The monoisotopic (exact) mass is 483 g/mol. The van der Waals surface area contributed by atoms with Crippen molar-refractivity contribution in [1.82, 2.24) is 19.9 Å². The van der Waals surface area contributed by atoms with Gasteiger partial charge in [0.2, 0.25) is 0 Å². The number of nitrogens with two attached hydrogens (primary N) is 1. The number of aliphatic hydroxyl groups excluding tert-OH is 2. The first-order valence-electron chi connectivity index (χ1n) is 10.4. The third-order valence-corrected chi connectivity index (χ3v) is 6.06. The molecule has 3 heterocycles. The highest BCUT2D eigenvalue weighted by Gasteiger charge is 2.44. The summed E-state index contributed by atoms with van der Waals surface area (Å²) in [7, 11) is 0. The lowest BCUT2D eigenvalue weighted by atomic mass is 10.1. The number of hydrogen-bond acceptors (Lipinski definition) is 10. The van der Waals surface area contributed by atoms with Crippen molar-refractivity contribution in [3.05, 3.63) is 18.6 Å². The van der Waals surface area contributed by atoms with E-state index in [0.29, 0.717) is 28.4 Å². The number of ether oxygens (including phenoxy) is 2. The average molecular weight is 484 g/mol. The van der Waals surface area contributed by atoms with E-state index >= 15 is 0 Å². The number of thioether (sulfide) groups is 1. The van der Waals surface area contributed by atoms with E-state index in [1.807, 2.05) is 0 Å². The Kier molecular flexibility index (Phi) is 7.67. The molecule has 0 saturated carbocycles. The summed E-state index contributed by atoms with van der Waals surface area (Å²) < 4.78 is 12.6. The molecule has 0 spiro atoms. The lowest BCUT2D eigenvalue weighted by Gasteiger charge is -2.22. The summed E-state index contributed by atoms with van der Waals surface area (Å²) in [5.41, 5.74) is 5.59. The SMILES string of the molecule is CC(C)(C)OC(=O)N[C@H](CCSC[C@H]1O[C@@H](n2ccc3c(N)ncnc32)[C@H](O)[C@@H]1O)C(=O)O. The Labute approximate surface area is 194 Å². The predicted octanol–water partition coefficient (Wildman–Crippen LogP) is 0.734. The number of carbonyl (C=O) groups is 2. The molecular weight excluding hydrogens is 454 g/mol.